The molecule has 1 saturated heterocycles. The van der Waals surface area contributed by atoms with Gasteiger partial charge in [0, 0.05) is 42.1 Å². The number of pyridine rings is 1. The van der Waals surface area contributed by atoms with Gasteiger partial charge in [-0.25, -0.2) is 0 Å². The fourth-order valence-corrected chi connectivity index (χ4v) is 4.01. The zero-order valence-corrected chi connectivity index (χ0v) is 17.6. The molecule has 1 fully saturated rings. The lowest BCUT2D eigenvalue weighted by Gasteiger charge is -2.27. The third kappa shape index (κ3) is 4.25. The van der Waals surface area contributed by atoms with Gasteiger partial charge in [-0.1, -0.05) is 6.07 Å². The van der Waals surface area contributed by atoms with E-state index in [1.807, 2.05) is 0 Å². The monoisotopic (exact) mass is 457 g/mol. The largest absolute Gasteiger partial charge is 0.490 e. The summed E-state index contributed by atoms with van der Waals surface area (Å²) in [5, 5.41) is 9.13. The Balaban J connectivity index is 1.56. The molecular formula is C23H22F3N5O2. The van der Waals surface area contributed by atoms with Crippen molar-refractivity contribution in [3.05, 3.63) is 59.5 Å². The van der Waals surface area contributed by atoms with E-state index in [0.717, 1.165) is 25.1 Å². The Morgan fingerprint density at radius 3 is 2.82 bits per heavy atom. The predicted octanol–water partition coefficient (Wildman–Crippen LogP) is 3.87. The van der Waals surface area contributed by atoms with Gasteiger partial charge in [0.15, 0.2) is 0 Å². The van der Waals surface area contributed by atoms with Crippen LogP contribution in [0.25, 0.3) is 11.3 Å². The Bertz CT molecular complexity index is 1190. The number of halogens is 3. The Hall–Kier alpha value is -3.53. The molecular weight excluding hydrogens is 435 g/mol. The highest BCUT2D eigenvalue weighted by atomic mass is 19.4. The first-order valence-electron chi connectivity index (χ1n) is 10.7. The van der Waals surface area contributed by atoms with Crippen molar-refractivity contribution in [2.24, 2.45) is 0 Å². The summed E-state index contributed by atoms with van der Waals surface area (Å²) in [5.74, 6) is 0.237. The predicted molar refractivity (Wildman–Crippen MR) is 117 cm³/mol. The number of aromatic amines is 1. The first kappa shape index (κ1) is 21.3. The van der Waals surface area contributed by atoms with Gasteiger partial charge in [0.05, 0.1) is 28.7 Å². The van der Waals surface area contributed by atoms with Crippen molar-refractivity contribution < 1.29 is 22.7 Å². The summed E-state index contributed by atoms with van der Waals surface area (Å²) in [7, 11) is 0. The van der Waals surface area contributed by atoms with Crippen LogP contribution in [-0.4, -0.2) is 41.6 Å². The second-order valence-electron chi connectivity index (χ2n) is 8.06. The Kier molecular flexibility index (Phi) is 5.45. The molecule has 0 radical (unpaired) electrons. The average molecular weight is 457 g/mol. The molecule has 4 heterocycles. The quantitative estimate of drug-likeness (QED) is 0.451. The molecule has 2 aromatic heterocycles. The molecule has 10 heteroatoms. The van der Waals surface area contributed by atoms with E-state index in [2.05, 4.69) is 25.9 Å². The van der Waals surface area contributed by atoms with Crippen LogP contribution in [0.1, 0.15) is 28.0 Å². The second kappa shape index (κ2) is 8.43. The lowest BCUT2D eigenvalue weighted by Crippen LogP contribution is -2.46. The van der Waals surface area contributed by atoms with Crippen LogP contribution >= 0.6 is 0 Å². The van der Waals surface area contributed by atoms with Gasteiger partial charge in [-0.2, -0.15) is 13.2 Å². The smallest absolute Gasteiger partial charge is 0.416 e. The van der Waals surface area contributed by atoms with Gasteiger partial charge < -0.3 is 25.7 Å². The summed E-state index contributed by atoms with van der Waals surface area (Å²) in [6, 6.07) is 6.92. The highest BCUT2D eigenvalue weighted by Crippen LogP contribution is 2.41. The normalized spacial score (nSPS) is 17.7. The number of nitrogens with one attached hydrogen (secondary N) is 4. The molecule has 172 valence electrons. The van der Waals surface area contributed by atoms with Crippen LogP contribution in [0, 0.1) is 0 Å². The summed E-state index contributed by atoms with van der Waals surface area (Å²) >= 11 is 0. The Morgan fingerprint density at radius 1 is 1.21 bits per heavy atom. The van der Waals surface area contributed by atoms with Crippen molar-refractivity contribution in [2.45, 2.75) is 25.1 Å². The number of carbonyl (C=O) groups excluding carboxylic acids is 1. The maximum atomic E-state index is 13.2. The number of benzene rings is 1. The summed E-state index contributed by atoms with van der Waals surface area (Å²) in [6.45, 7) is 1.90. The highest BCUT2D eigenvalue weighted by molar-refractivity contribution is 6.06. The average Bonchev–Trinajstić information content (AvgIpc) is 3.12. The molecule has 0 unspecified atom stereocenters. The number of hydrogen-bond acceptors (Lipinski definition) is 5. The summed E-state index contributed by atoms with van der Waals surface area (Å²) in [5.41, 5.74) is 2.18. The minimum atomic E-state index is -4.48. The van der Waals surface area contributed by atoms with Gasteiger partial charge in [-0.15, -0.1) is 0 Å². The molecule has 3 aromatic rings. The highest BCUT2D eigenvalue weighted by Gasteiger charge is 2.32. The number of nitrogens with zero attached hydrogens (tertiary/aromatic N) is 1. The lowest BCUT2D eigenvalue weighted by molar-refractivity contribution is -0.137. The maximum absolute atomic E-state index is 13.2. The number of anilines is 2. The molecule has 0 aliphatic carbocycles. The van der Waals surface area contributed by atoms with Gasteiger partial charge in [0.1, 0.15) is 12.4 Å². The fourth-order valence-electron chi connectivity index (χ4n) is 4.01. The molecule has 2 aliphatic heterocycles. The van der Waals surface area contributed by atoms with E-state index < -0.39 is 11.7 Å². The zero-order chi connectivity index (χ0) is 23.0. The van der Waals surface area contributed by atoms with Gasteiger partial charge in [0.25, 0.3) is 5.91 Å². The minimum absolute atomic E-state index is 0.224. The number of hydrogen-bond donors (Lipinski definition) is 4. The zero-order valence-electron chi connectivity index (χ0n) is 17.6. The Morgan fingerprint density at radius 2 is 2.06 bits per heavy atom. The number of amides is 1. The van der Waals surface area contributed by atoms with Crippen LogP contribution in [0.4, 0.5) is 24.5 Å². The molecule has 2 aliphatic rings. The molecule has 1 atom stereocenters. The lowest BCUT2D eigenvalue weighted by atomic mass is 10.0. The van der Waals surface area contributed by atoms with Gasteiger partial charge in [-0.05, 0) is 37.2 Å². The number of rotatable bonds is 6. The molecule has 1 aromatic carbocycles. The van der Waals surface area contributed by atoms with Crippen LogP contribution in [0.3, 0.4) is 0 Å². The van der Waals surface area contributed by atoms with Crippen LogP contribution in [0.5, 0.6) is 5.75 Å². The molecule has 7 nitrogen and oxygen atoms in total. The SMILES string of the molecule is O=C1NCCc2[nH]c(-c3ccncc3OC[C@H]3CCN3)c(Nc3cccc(C(F)(F)F)c3)c21. The van der Waals surface area contributed by atoms with Crippen molar-refractivity contribution in [1.82, 2.24) is 20.6 Å². The summed E-state index contributed by atoms with van der Waals surface area (Å²) < 4.78 is 45.7. The molecule has 1 amide bonds. The van der Waals surface area contributed by atoms with Crippen molar-refractivity contribution in [3.8, 4) is 17.0 Å². The standard InChI is InChI=1S/C23H22F3N5O2/c24-23(25,26)13-2-1-3-14(10-13)30-21-19-17(6-9-29-22(19)32)31-20(21)16-5-7-27-11-18(16)33-12-15-4-8-28-15/h1-3,5,7,10-11,15,28,30-31H,4,6,8-9,12H2,(H,29,32)/t15-/m1/s1. The van der Waals surface area contributed by atoms with Gasteiger partial charge in [-0.3, -0.25) is 9.78 Å². The maximum Gasteiger partial charge on any atom is 0.416 e. The van der Waals surface area contributed by atoms with E-state index in [9.17, 15) is 18.0 Å². The molecule has 0 bridgehead atoms. The van der Waals surface area contributed by atoms with E-state index in [0.29, 0.717) is 53.5 Å². The number of H-pyrrole nitrogens is 1. The van der Waals surface area contributed by atoms with Crippen molar-refractivity contribution in [1.29, 1.82) is 0 Å². The van der Waals surface area contributed by atoms with Crippen LogP contribution in [0.15, 0.2) is 42.7 Å². The number of carbonyl (C=O) groups is 1. The summed E-state index contributed by atoms with van der Waals surface area (Å²) in [4.78, 5) is 20.2. The van der Waals surface area contributed by atoms with Crippen molar-refractivity contribution in [3.63, 3.8) is 0 Å². The number of fused-ring (bicyclic) bond motifs is 1. The van der Waals surface area contributed by atoms with Crippen LogP contribution in [-0.2, 0) is 12.6 Å². The molecule has 33 heavy (non-hydrogen) atoms. The molecule has 0 spiro atoms. The van der Waals surface area contributed by atoms with Gasteiger partial charge in [0.2, 0.25) is 0 Å². The van der Waals surface area contributed by atoms with Crippen LogP contribution < -0.4 is 20.7 Å². The van der Waals surface area contributed by atoms with E-state index in [4.69, 9.17) is 4.74 Å². The van der Waals surface area contributed by atoms with E-state index in [-0.39, 0.29) is 17.6 Å². The minimum Gasteiger partial charge on any atom is -0.490 e. The molecule has 5 rings (SSSR count). The number of ether oxygens (including phenoxy) is 1. The van der Waals surface area contributed by atoms with Crippen LogP contribution in [0.2, 0.25) is 0 Å². The first-order chi connectivity index (χ1) is 15.9. The van der Waals surface area contributed by atoms with Crippen molar-refractivity contribution >= 4 is 17.3 Å². The number of alkyl halides is 3. The first-order valence-corrected chi connectivity index (χ1v) is 10.7. The summed E-state index contributed by atoms with van der Waals surface area (Å²) in [6.07, 6.45) is 0.331. The van der Waals surface area contributed by atoms with Gasteiger partial charge >= 0.3 is 6.18 Å². The Labute approximate surface area is 187 Å². The third-order valence-corrected chi connectivity index (χ3v) is 5.84. The third-order valence-electron chi connectivity index (χ3n) is 5.84. The molecule has 4 N–H and O–H groups in total. The molecule has 0 saturated carbocycles. The number of aromatic nitrogens is 2. The fraction of sp³-hybridized carbons (Fsp3) is 0.304. The topological polar surface area (TPSA) is 91.1 Å². The second-order valence-corrected chi connectivity index (χ2v) is 8.06. The van der Waals surface area contributed by atoms with E-state index >= 15 is 0 Å². The van der Waals surface area contributed by atoms with Crippen molar-refractivity contribution in [2.75, 3.05) is 25.0 Å². The van der Waals surface area contributed by atoms with E-state index in [1.165, 1.54) is 12.1 Å². The van der Waals surface area contributed by atoms with E-state index in [1.54, 1.807) is 18.5 Å².